The Morgan fingerprint density at radius 3 is 3.21 bits per heavy atom. The van der Waals surface area contributed by atoms with E-state index in [0.717, 1.165) is 22.7 Å². The summed E-state index contributed by atoms with van der Waals surface area (Å²) in [5.74, 6) is 1.39. The number of rotatable bonds is 0. The second-order valence-electron chi connectivity index (χ2n) is 3.27. The van der Waals surface area contributed by atoms with E-state index in [4.69, 9.17) is 5.73 Å². The minimum absolute atomic E-state index is 0.611. The molecule has 14 heavy (non-hydrogen) atoms. The van der Waals surface area contributed by atoms with Gasteiger partial charge in [0.25, 0.3) is 0 Å². The van der Waals surface area contributed by atoms with Gasteiger partial charge in [-0.1, -0.05) is 0 Å². The molecule has 4 heteroatoms. The zero-order valence-corrected chi connectivity index (χ0v) is 7.44. The molecule has 1 aromatic rings. The highest BCUT2D eigenvalue weighted by Gasteiger charge is 2.23. The summed E-state index contributed by atoms with van der Waals surface area (Å²) in [5.41, 5.74) is 8.72. The van der Waals surface area contributed by atoms with Crippen molar-refractivity contribution < 1.29 is 0 Å². The van der Waals surface area contributed by atoms with E-state index in [1.807, 2.05) is 12.1 Å². The van der Waals surface area contributed by atoms with Gasteiger partial charge in [0.15, 0.2) is 5.82 Å². The Morgan fingerprint density at radius 1 is 1.36 bits per heavy atom. The quantitative estimate of drug-likeness (QED) is 0.659. The first-order valence-electron chi connectivity index (χ1n) is 4.40. The Morgan fingerprint density at radius 2 is 2.29 bits per heavy atom. The van der Waals surface area contributed by atoms with Crippen LogP contribution in [0.25, 0.3) is 5.57 Å². The van der Waals surface area contributed by atoms with Gasteiger partial charge in [0.2, 0.25) is 0 Å². The molecule has 0 amide bonds. The van der Waals surface area contributed by atoms with E-state index in [1.54, 1.807) is 12.4 Å². The van der Waals surface area contributed by atoms with Crippen molar-refractivity contribution in [3.8, 4) is 0 Å². The van der Waals surface area contributed by atoms with E-state index in [1.165, 1.54) is 0 Å². The van der Waals surface area contributed by atoms with Gasteiger partial charge in [-0.3, -0.25) is 0 Å². The van der Waals surface area contributed by atoms with Crippen molar-refractivity contribution in [2.45, 2.75) is 6.42 Å². The summed E-state index contributed by atoms with van der Waals surface area (Å²) in [6.07, 6.45) is 4.14. The first kappa shape index (κ1) is 7.44. The molecule has 0 saturated heterocycles. The number of hydrogen-bond donors (Lipinski definition) is 1. The molecular formula is C10H8N4. The van der Waals surface area contributed by atoms with Crippen molar-refractivity contribution in [3.63, 3.8) is 0 Å². The van der Waals surface area contributed by atoms with Gasteiger partial charge in [0.1, 0.15) is 5.84 Å². The highest BCUT2D eigenvalue weighted by Crippen LogP contribution is 2.34. The lowest BCUT2D eigenvalue weighted by atomic mass is 10.0. The standard InChI is InChI=1S/C10H8N4/c11-9-4-8-7(5-13-9)6-2-1-3-12-10(6)14-8/h1-3,5H,4H2,(H2,11,13). The minimum atomic E-state index is 0.611. The van der Waals surface area contributed by atoms with E-state index in [0.29, 0.717) is 12.3 Å². The summed E-state index contributed by atoms with van der Waals surface area (Å²) < 4.78 is 0. The Hall–Kier alpha value is -1.97. The number of nitrogens with zero attached hydrogens (tertiary/aromatic N) is 3. The number of allylic oxidation sites excluding steroid dienone is 1. The van der Waals surface area contributed by atoms with Gasteiger partial charge < -0.3 is 5.73 Å². The van der Waals surface area contributed by atoms with E-state index < -0.39 is 0 Å². The van der Waals surface area contributed by atoms with Crippen LogP contribution in [0.15, 0.2) is 34.5 Å². The zero-order chi connectivity index (χ0) is 9.54. The third-order valence-corrected chi connectivity index (χ3v) is 2.34. The number of pyridine rings is 1. The Bertz CT molecular complexity index is 497. The molecule has 2 aliphatic heterocycles. The van der Waals surface area contributed by atoms with E-state index in [-0.39, 0.29) is 0 Å². The summed E-state index contributed by atoms with van der Waals surface area (Å²) >= 11 is 0. The summed E-state index contributed by atoms with van der Waals surface area (Å²) in [5, 5.41) is 0. The van der Waals surface area contributed by atoms with Crippen LogP contribution < -0.4 is 5.73 Å². The molecule has 0 bridgehead atoms. The molecular weight excluding hydrogens is 176 g/mol. The Labute approximate surface area is 80.9 Å². The maximum Gasteiger partial charge on any atom is 0.160 e. The molecule has 0 spiro atoms. The van der Waals surface area contributed by atoms with Gasteiger partial charge in [0, 0.05) is 30.0 Å². The third kappa shape index (κ3) is 0.907. The molecule has 68 valence electrons. The van der Waals surface area contributed by atoms with Crippen molar-refractivity contribution >= 4 is 22.9 Å². The molecule has 2 aliphatic rings. The van der Waals surface area contributed by atoms with Crippen LogP contribution in [-0.4, -0.2) is 16.5 Å². The van der Waals surface area contributed by atoms with Crippen LogP contribution in [0.1, 0.15) is 12.0 Å². The molecule has 0 aliphatic carbocycles. The van der Waals surface area contributed by atoms with Crippen LogP contribution in [0.4, 0.5) is 5.82 Å². The highest BCUT2D eigenvalue weighted by molar-refractivity contribution is 6.33. The van der Waals surface area contributed by atoms with Crippen LogP contribution in [0.3, 0.4) is 0 Å². The molecule has 0 saturated carbocycles. The SMILES string of the molecule is NC1=NC=C2C(=Nc3ncccc32)C1. The van der Waals surface area contributed by atoms with Crippen LogP contribution in [0.5, 0.6) is 0 Å². The van der Waals surface area contributed by atoms with Crippen molar-refractivity contribution in [1.29, 1.82) is 0 Å². The average molecular weight is 184 g/mol. The fraction of sp³-hybridized carbons (Fsp3) is 0.100. The largest absolute Gasteiger partial charge is 0.387 e. The molecule has 3 heterocycles. The van der Waals surface area contributed by atoms with Gasteiger partial charge >= 0.3 is 0 Å². The van der Waals surface area contributed by atoms with Crippen LogP contribution in [0, 0.1) is 0 Å². The van der Waals surface area contributed by atoms with Crippen molar-refractivity contribution in [2.75, 3.05) is 0 Å². The molecule has 3 rings (SSSR count). The first-order chi connectivity index (χ1) is 6.84. The smallest absolute Gasteiger partial charge is 0.160 e. The average Bonchev–Trinajstić information content (AvgIpc) is 2.54. The molecule has 0 atom stereocenters. The summed E-state index contributed by atoms with van der Waals surface area (Å²) in [6.45, 7) is 0. The summed E-state index contributed by atoms with van der Waals surface area (Å²) in [6, 6.07) is 3.90. The fourth-order valence-corrected chi connectivity index (χ4v) is 1.68. The first-order valence-corrected chi connectivity index (χ1v) is 4.40. The normalized spacial score (nSPS) is 17.9. The monoisotopic (exact) mass is 184 g/mol. The van der Waals surface area contributed by atoms with E-state index in [2.05, 4.69) is 15.0 Å². The molecule has 2 N–H and O–H groups in total. The maximum atomic E-state index is 5.63. The van der Waals surface area contributed by atoms with Crippen molar-refractivity contribution in [3.05, 3.63) is 30.1 Å². The van der Waals surface area contributed by atoms with Gasteiger partial charge in [-0.2, -0.15) is 0 Å². The molecule has 0 aromatic carbocycles. The third-order valence-electron chi connectivity index (χ3n) is 2.34. The zero-order valence-electron chi connectivity index (χ0n) is 7.44. The number of fused-ring (bicyclic) bond motifs is 3. The lowest BCUT2D eigenvalue weighted by molar-refractivity contribution is 1.28. The Balaban J connectivity index is 2.21. The molecule has 4 nitrogen and oxygen atoms in total. The summed E-state index contributed by atoms with van der Waals surface area (Å²) in [4.78, 5) is 12.7. The lowest BCUT2D eigenvalue weighted by Crippen LogP contribution is -2.19. The minimum Gasteiger partial charge on any atom is -0.387 e. The molecule has 1 aromatic heterocycles. The highest BCUT2D eigenvalue weighted by atomic mass is 15.0. The fourth-order valence-electron chi connectivity index (χ4n) is 1.68. The number of hydrogen-bond acceptors (Lipinski definition) is 4. The van der Waals surface area contributed by atoms with E-state index in [9.17, 15) is 0 Å². The second-order valence-corrected chi connectivity index (χ2v) is 3.27. The van der Waals surface area contributed by atoms with Crippen molar-refractivity contribution in [1.82, 2.24) is 4.98 Å². The van der Waals surface area contributed by atoms with Crippen LogP contribution in [0.2, 0.25) is 0 Å². The molecule has 0 unspecified atom stereocenters. The summed E-state index contributed by atoms with van der Waals surface area (Å²) in [7, 11) is 0. The van der Waals surface area contributed by atoms with Crippen molar-refractivity contribution in [2.24, 2.45) is 15.7 Å². The van der Waals surface area contributed by atoms with Gasteiger partial charge in [-0.15, -0.1) is 0 Å². The predicted molar refractivity (Wildman–Crippen MR) is 55.5 cm³/mol. The van der Waals surface area contributed by atoms with Gasteiger partial charge in [-0.25, -0.2) is 15.0 Å². The topological polar surface area (TPSA) is 63.6 Å². The maximum absolute atomic E-state index is 5.63. The molecule has 0 radical (unpaired) electrons. The number of nitrogens with two attached hydrogens (primary N) is 1. The van der Waals surface area contributed by atoms with Crippen LogP contribution >= 0.6 is 0 Å². The van der Waals surface area contributed by atoms with E-state index >= 15 is 0 Å². The van der Waals surface area contributed by atoms with Gasteiger partial charge in [0.05, 0.1) is 5.71 Å². The number of aromatic nitrogens is 1. The lowest BCUT2D eigenvalue weighted by Gasteiger charge is -2.07. The number of aliphatic imine (C=N–C) groups is 2. The van der Waals surface area contributed by atoms with Gasteiger partial charge in [-0.05, 0) is 12.1 Å². The second kappa shape index (κ2) is 2.51. The molecule has 0 fully saturated rings. The Kier molecular flexibility index (Phi) is 1.33. The predicted octanol–water partition coefficient (Wildman–Crippen LogP) is 1.27. The van der Waals surface area contributed by atoms with Crippen LogP contribution in [-0.2, 0) is 0 Å². The number of amidine groups is 1.